The van der Waals surface area contributed by atoms with E-state index < -0.39 is 12.7 Å². The van der Waals surface area contributed by atoms with Crippen LogP contribution in [0.15, 0.2) is 18.2 Å². The third-order valence-corrected chi connectivity index (χ3v) is 1.93. The summed E-state index contributed by atoms with van der Waals surface area (Å²) < 4.78 is 36.2. The van der Waals surface area contributed by atoms with E-state index in [0.29, 0.717) is 11.4 Å². The van der Waals surface area contributed by atoms with Gasteiger partial charge in [0, 0.05) is 12.7 Å². The highest BCUT2D eigenvalue weighted by atomic mass is 19.4. The highest BCUT2D eigenvalue weighted by Crippen LogP contribution is 2.25. The second kappa shape index (κ2) is 3.88. The van der Waals surface area contributed by atoms with Crippen molar-refractivity contribution < 1.29 is 13.2 Å². The number of hydrogen-bond acceptors (Lipinski definition) is 3. The van der Waals surface area contributed by atoms with Crippen molar-refractivity contribution in [2.24, 2.45) is 0 Å². The van der Waals surface area contributed by atoms with E-state index in [9.17, 15) is 13.2 Å². The minimum atomic E-state index is -4.23. The number of rotatable bonds is 2. The first-order valence-corrected chi connectivity index (χ1v) is 4.22. The van der Waals surface area contributed by atoms with E-state index in [2.05, 4.69) is 0 Å². The van der Waals surface area contributed by atoms with E-state index in [-0.39, 0.29) is 5.69 Å². The molecule has 1 rings (SSSR count). The quantitative estimate of drug-likeness (QED) is 0.746. The molecule has 0 aliphatic rings. The number of nitrogens with zero attached hydrogens (tertiary/aromatic N) is 1. The summed E-state index contributed by atoms with van der Waals surface area (Å²) in [4.78, 5) is 1.07. The van der Waals surface area contributed by atoms with Gasteiger partial charge in [0.25, 0.3) is 0 Å². The van der Waals surface area contributed by atoms with Gasteiger partial charge in [0.1, 0.15) is 6.54 Å². The van der Waals surface area contributed by atoms with Crippen LogP contribution in [0.1, 0.15) is 0 Å². The van der Waals surface area contributed by atoms with Crippen LogP contribution in [0.4, 0.5) is 30.2 Å². The number of nitrogen functional groups attached to an aromatic ring is 2. The lowest BCUT2D eigenvalue weighted by atomic mass is 10.2. The summed E-state index contributed by atoms with van der Waals surface area (Å²) in [7, 11) is 1.35. The lowest BCUT2D eigenvalue weighted by Crippen LogP contribution is -2.30. The van der Waals surface area contributed by atoms with Crippen molar-refractivity contribution in [3.63, 3.8) is 0 Å². The summed E-state index contributed by atoms with van der Waals surface area (Å²) in [6.07, 6.45) is -4.23. The monoisotopic (exact) mass is 219 g/mol. The Bertz CT molecular complexity index is 349. The molecule has 0 atom stereocenters. The Balaban J connectivity index is 2.83. The van der Waals surface area contributed by atoms with Gasteiger partial charge in [-0.1, -0.05) is 0 Å². The summed E-state index contributed by atoms with van der Waals surface area (Å²) in [6.45, 7) is -1.02. The van der Waals surface area contributed by atoms with E-state index in [1.807, 2.05) is 0 Å². The first-order valence-electron chi connectivity index (χ1n) is 4.22. The van der Waals surface area contributed by atoms with Gasteiger partial charge in [0.15, 0.2) is 0 Å². The molecule has 1 aromatic rings. The fraction of sp³-hybridized carbons (Fsp3) is 0.333. The third kappa shape index (κ3) is 3.23. The predicted molar refractivity (Wildman–Crippen MR) is 54.6 cm³/mol. The summed E-state index contributed by atoms with van der Waals surface area (Å²) in [5.41, 5.74) is 12.0. The molecule has 0 unspecified atom stereocenters. The standard InChI is InChI=1S/C9H12F3N3/c1-15(5-9(10,11)12)6-2-3-7(13)8(14)4-6/h2-4H,5,13-14H2,1H3. The molecular formula is C9H12F3N3. The van der Waals surface area contributed by atoms with Gasteiger partial charge < -0.3 is 16.4 Å². The number of anilines is 3. The molecule has 0 spiro atoms. The van der Waals surface area contributed by atoms with Crippen LogP contribution in [-0.4, -0.2) is 19.8 Å². The van der Waals surface area contributed by atoms with Crippen molar-refractivity contribution in [1.82, 2.24) is 0 Å². The zero-order chi connectivity index (χ0) is 11.6. The predicted octanol–water partition coefficient (Wildman–Crippen LogP) is 1.85. The van der Waals surface area contributed by atoms with Crippen LogP contribution in [0.2, 0.25) is 0 Å². The first kappa shape index (κ1) is 11.5. The van der Waals surface area contributed by atoms with Crippen molar-refractivity contribution in [3.05, 3.63) is 18.2 Å². The first-order chi connectivity index (χ1) is 6.79. The molecule has 3 nitrogen and oxygen atoms in total. The van der Waals surface area contributed by atoms with Gasteiger partial charge >= 0.3 is 6.18 Å². The molecule has 0 fully saturated rings. The maximum atomic E-state index is 12.1. The minimum Gasteiger partial charge on any atom is -0.397 e. The number of hydrogen-bond donors (Lipinski definition) is 2. The molecule has 0 amide bonds. The van der Waals surface area contributed by atoms with Crippen molar-refractivity contribution in [1.29, 1.82) is 0 Å². The Morgan fingerprint density at radius 1 is 1.20 bits per heavy atom. The smallest absolute Gasteiger partial charge is 0.397 e. The Labute approximate surface area is 85.5 Å². The third-order valence-electron chi connectivity index (χ3n) is 1.93. The van der Waals surface area contributed by atoms with Gasteiger partial charge in [-0.15, -0.1) is 0 Å². The number of halogens is 3. The molecule has 0 saturated carbocycles. The van der Waals surface area contributed by atoms with Crippen LogP contribution in [0.3, 0.4) is 0 Å². The molecule has 0 radical (unpaired) electrons. The zero-order valence-electron chi connectivity index (χ0n) is 8.17. The van der Waals surface area contributed by atoms with Gasteiger partial charge in [-0.05, 0) is 18.2 Å². The van der Waals surface area contributed by atoms with Gasteiger partial charge in [0.05, 0.1) is 11.4 Å². The number of benzene rings is 1. The fourth-order valence-electron chi connectivity index (χ4n) is 1.16. The molecule has 1 aromatic carbocycles. The maximum absolute atomic E-state index is 12.1. The number of nitrogens with two attached hydrogens (primary N) is 2. The SMILES string of the molecule is CN(CC(F)(F)F)c1ccc(N)c(N)c1. The Morgan fingerprint density at radius 3 is 2.27 bits per heavy atom. The van der Waals surface area contributed by atoms with E-state index in [0.717, 1.165) is 4.90 Å². The van der Waals surface area contributed by atoms with Crippen LogP contribution in [0.25, 0.3) is 0 Å². The maximum Gasteiger partial charge on any atom is 0.405 e. The van der Waals surface area contributed by atoms with Gasteiger partial charge in [-0.25, -0.2) is 0 Å². The minimum absolute atomic E-state index is 0.279. The van der Waals surface area contributed by atoms with E-state index in [1.54, 1.807) is 0 Å². The molecule has 6 heteroatoms. The average Bonchev–Trinajstić information content (AvgIpc) is 2.06. The molecule has 84 valence electrons. The van der Waals surface area contributed by atoms with Crippen molar-refractivity contribution in [2.45, 2.75) is 6.18 Å². The Hall–Kier alpha value is -1.59. The summed E-state index contributed by atoms with van der Waals surface area (Å²) in [5, 5.41) is 0. The topological polar surface area (TPSA) is 55.3 Å². The molecule has 4 N–H and O–H groups in total. The lowest BCUT2D eigenvalue weighted by Gasteiger charge is -2.21. The normalized spacial score (nSPS) is 11.5. The molecule has 0 aliphatic carbocycles. The Morgan fingerprint density at radius 2 is 1.80 bits per heavy atom. The van der Waals surface area contributed by atoms with Gasteiger partial charge in [-0.2, -0.15) is 13.2 Å². The Kier molecular flexibility index (Phi) is 2.97. The van der Waals surface area contributed by atoms with Crippen molar-refractivity contribution >= 4 is 17.1 Å². The number of alkyl halides is 3. The molecule has 0 aliphatic heterocycles. The largest absolute Gasteiger partial charge is 0.405 e. The highest BCUT2D eigenvalue weighted by molar-refractivity contribution is 5.69. The van der Waals surface area contributed by atoms with Gasteiger partial charge in [0.2, 0.25) is 0 Å². The molecule has 0 aromatic heterocycles. The van der Waals surface area contributed by atoms with Crippen LogP contribution in [0, 0.1) is 0 Å². The molecule has 15 heavy (non-hydrogen) atoms. The fourth-order valence-corrected chi connectivity index (χ4v) is 1.16. The second-order valence-electron chi connectivity index (χ2n) is 3.28. The van der Waals surface area contributed by atoms with Crippen LogP contribution in [0.5, 0.6) is 0 Å². The van der Waals surface area contributed by atoms with Gasteiger partial charge in [-0.3, -0.25) is 0 Å². The molecule has 0 heterocycles. The van der Waals surface area contributed by atoms with E-state index in [1.165, 1.54) is 25.2 Å². The zero-order valence-corrected chi connectivity index (χ0v) is 8.17. The summed E-state index contributed by atoms with van der Waals surface area (Å²) in [6, 6.07) is 4.40. The van der Waals surface area contributed by atoms with Crippen LogP contribution in [-0.2, 0) is 0 Å². The van der Waals surface area contributed by atoms with Crippen molar-refractivity contribution in [2.75, 3.05) is 30.0 Å². The summed E-state index contributed by atoms with van der Waals surface area (Å²) >= 11 is 0. The molecule has 0 saturated heterocycles. The summed E-state index contributed by atoms with van der Waals surface area (Å²) in [5.74, 6) is 0. The molecular weight excluding hydrogens is 207 g/mol. The highest BCUT2D eigenvalue weighted by Gasteiger charge is 2.29. The molecule has 0 bridgehead atoms. The van der Waals surface area contributed by atoms with E-state index in [4.69, 9.17) is 11.5 Å². The van der Waals surface area contributed by atoms with E-state index >= 15 is 0 Å². The van der Waals surface area contributed by atoms with Crippen LogP contribution >= 0.6 is 0 Å². The lowest BCUT2D eigenvalue weighted by molar-refractivity contribution is -0.119. The van der Waals surface area contributed by atoms with Crippen LogP contribution < -0.4 is 16.4 Å². The second-order valence-corrected chi connectivity index (χ2v) is 3.28. The average molecular weight is 219 g/mol. The van der Waals surface area contributed by atoms with Crippen molar-refractivity contribution in [3.8, 4) is 0 Å².